The molecule has 0 nitrogen and oxygen atoms in total. The van der Waals surface area contributed by atoms with Gasteiger partial charge in [0, 0.05) is 4.83 Å². The van der Waals surface area contributed by atoms with Crippen LogP contribution in [0.25, 0.3) is 0 Å². The molecule has 1 aromatic carbocycles. The van der Waals surface area contributed by atoms with E-state index < -0.39 is 0 Å². The standard InChI is InChI=1S/C14H17BrClF/c15-12(10-4-1-2-5-10)9-8-11-6-3-7-13(17)14(11)16/h3,6-7,10,12H,1-2,4-5,8-9H2. The van der Waals surface area contributed by atoms with Crippen LogP contribution in [0, 0.1) is 11.7 Å². The first kappa shape index (κ1) is 13.4. The summed E-state index contributed by atoms with van der Waals surface area (Å²) in [4.78, 5) is 0.546. The van der Waals surface area contributed by atoms with Crippen molar-refractivity contribution >= 4 is 27.5 Å². The van der Waals surface area contributed by atoms with Crippen molar-refractivity contribution in [1.29, 1.82) is 0 Å². The van der Waals surface area contributed by atoms with Crippen LogP contribution in [0.3, 0.4) is 0 Å². The van der Waals surface area contributed by atoms with Crippen LogP contribution in [0.4, 0.5) is 4.39 Å². The second-order valence-corrected chi connectivity index (χ2v) is 6.37. The molecule has 1 saturated carbocycles. The zero-order valence-electron chi connectivity index (χ0n) is 9.76. The average molecular weight is 320 g/mol. The molecule has 1 fully saturated rings. The third-order valence-corrected chi connectivity index (χ3v) is 5.26. The van der Waals surface area contributed by atoms with Crippen LogP contribution in [0.2, 0.25) is 5.02 Å². The third kappa shape index (κ3) is 3.45. The largest absolute Gasteiger partial charge is 0.205 e. The molecule has 0 bridgehead atoms. The number of rotatable bonds is 4. The van der Waals surface area contributed by atoms with E-state index in [9.17, 15) is 4.39 Å². The summed E-state index contributed by atoms with van der Waals surface area (Å²) in [6, 6.07) is 5.06. The molecule has 0 spiro atoms. The highest BCUT2D eigenvalue weighted by Gasteiger charge is 2.22. The van der Waals surface area contributed by atoms with Crippen LogP contribution < -0.4 is 0 Å². The van der Waals surface area contributed by atoms with Gasteiger partial charge in [-0.1, -0.05) is 52.5 Å². The minimum atomic E-state index is -0.309. The van der Waals surface area contributed by atoms with E-state index in [0.717, 1.165) is 24.3 Å². The number of benzene rings is 1. The van der Waals surface area contributed by atoms with Gasteiger partial charge in [-0.15, -0.1) is 0 Å². The van der Waals surface area contributed by atoms with E-state index in [1.165, 1.54) is 31.7 Å². The van der Waals surface area contributed by atoms with E-state index >= 15 is 0 Å². The zero-order valence-corrected chi connectivity index (χ0v) is 12.1. The molecule has 1 aromatic rings. The molecule has 94 valence electrons. The van der Waals surface area contributed by atoms with Crippen molar-refractivity contribution in [3.05, 3.63) is 34.6 Å². The van der Waals surface area contributed by atoms with Gasteiger partial charge in [0.2, 0.25) is 0 Å². The molecule has 0 radical (unpaired) electrons. The Morgan fingerprint density at radius 3 is 2.76 bits per heavy atom. The Morgan fingerprint density at radius 1 is 1.35 bits per heavy atom. The van der Waals surface area contributed by atoms with Gasteiger partial charge in [0.05, 0.1) is 5.02 Å². The van der Waals surface area contributed by atoms with Gasteiger partial charge in [-0.3, -0.25) is 0 Å². The van der Waals surface area contributed by atoms with E-state index in [-0.39, 0.29) is 5.82 Å². The molecule has 0 amide bonds. The van der Waals surface area contributed by atoms with Gasteiger partial charge < -0.3 is 0 Å². The van der Waals surface area contributed by atoms with Gasteiger partial charge in [0.15, 0.2) is 0 Å². The first-order valence-corrected chi connectivity index (χ1v) is 7.55. The lowest BCUT2D eigenvalue weighted by atomic mass is 9.98. The summed E-state index contributed by atoms with van der Waals surface area (Å²) >= 11 is 9.71. The van der Waals surface area contributed by atoms with Crippen molar-refractivity contribution in [2.75, 3.05) is 0 Å². The maximum absolute atomic E-state index is 13.3. The number of halogens is 3. The van der Waals surface area contributed by atoms with Gasteiger partial charge in [-0.2, -0.15) is 0 Å². The summed E-state index contributed by atoms with van der Waals surface area (Å²) in [5.41, 5.74) is 0.925. The van der Waals surface area contributed by atoms with E-state index in [1.807, 2.05) is 6.07 Å². The lowest BCUT2D eigenvalue weighted by molar-refractivity contribution is 0.505. The summed E-state index contributed by atoms with van der Waals surface area (Å²) in [5.74, 6) is 0.485. The normalized spacial score (nSPS) is 18.5. The molecule has 0 saturated heterocycles. The molecule has 2 rings (SSSR count). The number of aryl methyl sites for hydroxylation is 1. The first-order chi connectivity index (χ1) is 8.18. The lowest BCUT2D eigenvalue weighted by Gasteiger charge is -2.17. The molecule has 1 aliphatic rings. The summed E-state index contributed by atoms with van der Waals surface area (Å²) in [5, 5.41) is 0.290. The fourth-order valence-corrected chi connectivity index (χ4v) is 3.57. The predicted octanol–water partition coefficient (Wildman–Crippen LogP) is 5.37. The fraction of sp³-hybridized carbons (Fsp3) is 0.571. The molecule has 0 heterocycles. The van der Waals surface area contributed by atoms with Crippen molar-refractivity contribution in [3.8, 4) is 0 Å². The maximum Gasteiger partial charge on any atom is 0.142 e. The topological polar surface area (TPSA) is 0 Å². The van der Waals surface area contributed by atoms with Crippen molar-refractivity contribution in [2.45, 2.75) is 43.4 Å². The van der Waals surface area contributed by atoms with Gasteiger partial charge in [0.25, 0.3) is 0 Å². The van der Waals surface area contributed by atoms with Crippen LogP contribution in [-0.2, 0) is 6.42 Å². The summed E-state index contributed by atoms with van der Waals surface area (Å²) in [6.07, 6.45) is 7.25. The Bertz CT molecular complexity index is 374. The highest BCUT2D eigenvalue weighted by Crippen LogP contribution is 2.34. The predicted molar refractivity (Wildman–Crippen MR) is 74.4 cm³/mol. The highest BCUT2D eigenvalue weighted by atomic mass is 79.9. The quantitative estimate of drug-likeness (QED) is 0.655. The van der Waals surface area contributed by atoms with E-state index in [0.29, 0.717) is 9.85 Å². The minimum absolute atomic E-state index is 0.290. The second-order valence-electron chi connectivity index (χ2n) is 4.81. The van der Waals surface area contributed by atoms with Crippen molar-refractivity contribution < 1.29 is 4.39 Å². The van der Waals surface area contributed by atoms with Crippen LogP contribution in [0.1, 0.15) is 37.7 Å². The van der Waals surface area contributed by atoms with Crippen LogP contribution in [0.15, 0.2) is 18.2 Å². The molecule has 3 heteroatoms. The number of hydrogen-bond acceptors (Lipinski definition) is 0. The Hall–Kier alpha value is -0.0800. The van der Waals surface area contributed by atoms with Crippen LogP contribution in [0.5, 0.6) is 0 Å². The Kier molecular flexibility index (Phi) is 4.87. The van der Waals surface area contributed by atoms with Gasteiger partial charge in [-0.25, -0.2) is 4.39 Å². The highest BCUT2D eigenvalue weighted by molar-refractivity contribution is 9.09. The summed E-state index contributed by atoms with van der Waals surface area (Å²) < 4.78 is 13.3. The molecule has 1 unspecified atom stereocenters. The minimum Gasteiger partial charge on any atom is -0.205 e. The fourth-order valence-electron chi connectivity index (χ4n) is 2.59. The molecular formula is C14H17BrClF. The molecule has 0 N–H and O–H groups in total. The monoisotopic (exact) mass is 318 g/mol. The number of hydrogen-bond donors (Lipinski definition) is 0. The molecule has 1 atom stereocenters. The van der Waals surface area contributed by atoms with Crippen LogP contribution >= 0.6 is 27.5 Å². The van der Waals surface area contributed by atoms with Gasteiger partial charge >= 0.3 is 0 Å². The second kappa shape index (κ2) is 6.19. The van der Waals surface area contributed by atoms with Crippen molar-refractivity contribution in [3.63, 3.8) is 0 Å². The maximum atomic E-state index is 13.3. The van der Waals surface area contributed by atoms with Gasteiger partial charge in [-0.05, 0) is 43.2 Å². The molecular weight excluding hydrogens is 303 g/mol. The van der Waals surface area contributed by atoms with Gasteiger partial charge in [0.1, 0.15) is 5.82 Å². The molecule has 0 aliphatic heterocycles. The average Bonchev–Trinajstić information content (AvgIpc) is 2.84. The Balaban J connectivity index is 1.90. The third-order valence-electron chi connectivity index (χ3n) is 3.63. The molecule has 1 aliphatic carbocycles. The Morgan fingerprint density at radius 2 is 2.06 bits per heavy atom. The van der Waals surface area contributed by atoms with E-state index in [4.69, 9.17) is 11.6 Å². The lowest BCUT2D eigenvalue weighted by Crippen LogP contribution is -2.11. The summed E-state index contributed by atoms with van der Waals surface area (Å²) in [7, 11) is 0. The zero-order chi connectivity index (χ0) is 12.3. The van der Waals surface area contributed by atoms with Crippen molar-refractivity contribution in [2.24, 2.45) is 5.92 Å². The number of alkyl halides is 1. The molecule has 0 aromatic heterocycles. The Labute approximate surface area is 116 Å². The SMILES string of the molecule is Fc1cccc(CCC(Br)C2CCCC2)c1Cl. The molecule has 17 heavy (non-hydrogen) atoms. The smallest absolute Gasteiger partial charge is 0.142 e. The van der Waals surface area contributed by atoms with Crippen LogP contribution in [-0.4, -0.2) is 4.83 Å². The first-order valence-electron chi connectivity index (χ1n) is 6.25. The summed E-state index contributed by atoms with van der Waals surface area (Å²) in [6.45, 7) is 0. The van der Waals surface area contributed by atoms with Crippen molar-refractivity contribution in [1.82, 2.24) is 0 Å². The van der Waals surface area contributed by atoms with E-state index in [1.54, 1.807) is 6.07 Å². The van der Waals surface area contributed by atoms with E-state index in [2.05, 4.69) is 15.9 Å².